The number of aromatic nitrogens is 1. The van der Waals surface area contributed by atoms with Crippen LogP contribution in [0.2, 0.25) is 0 Å². The number of methoxy groups -OCH3 is 1. The Labute approximate surface area is 75.3 Å². The van der Waals surface area contributed by atoms with Crippen molar-refractivity contribution in [1.29, 1.82) is 0 Å². The fourth-order valence-electron chi connectivity index (χ4n) is 1.19. The number of fused-ring (bicyclic) bond motifs is 1. The molecule has 0 radical (unpaired) electrons. The van der Waals surface area contributed by atoms with Crippen molar-refractivity contribution in [3.63, 3.8) is 0 Å². The highest BCUT2D eigenvalue weighted by atomic mass is 16.5. The predicted molar refractivity (Wildman–Crippen MR) is 48.5 cm³/mol. The Hall–Kier alpha value is -1.55. The molecule has 4 heteroatoms. The normalized spacial score (nSPS) is 10.6. The van der Waals surface area contributed by atoms with Crippen LogP contribution in [-0.4, -0.2) is 12.1 Å². The van der Waals surface area contributed by atoms with Crippen molar-refractivity contribution in [2.24, 2.45) is 5.73 Å². The van der Waals surface area contributed by atoms with Crippen molar-refractivity contribution in [2.45, 2.75) is 6.54 Å². The summed E-state index contributed by atoms with van der Waals surface area (Å²) in [5.74, 6) is 1.34. The lowest BCUT2D eigenvalue weighted by Gasteiger charge is -1.95. The van der Waals surface area contributed by atoms with Gasteiger partial charge in [-0.05, 0) is 6.07 Å². The summed E-state index contributed by atoms with van der Waals surface area (Å²) in [7, 11) is 1.58. The van der Waals surface area contributed by atoms with Gasteiger partial charge in [-0.2, -0.15) is 0 Å². The molecule has 0 saturated heterocycles. The number of furan rings is 1. The molecule has 68 valence electrons. The van der Waals surface area contributed by atoms with Gasteiger partial charge in [0.2, 0.25) is 5.88 Å². The minimum absolute atomic E-state index is 0.400. The van der Waals surface area contributed by atoms with E-state index < -0.39 is 0 Å². The predicted octanol–water partition coefficient (Wildman–Crippen LogP) is 1.30. The lowest BCUT2D eigenvalue weighted by molar-refractivity contribution is 0.398. The molecular weight excluding hydrogens is 168 g/mol. The van der Waals surface area contributed by atoms with E-state index in [1.54, 1.807) is 13.3 Å². The topological polar surface area (TPSA) is 61.3 Å². The lowest BCUT2D eigenvalue weighted by atomic mass is 10.3. The highest BCUT2D eigenvalue weighted by molar-refractivity contribution is 5.77. The number of nitrogens with zero attached hydrogens (tertiary/aromatic N) is 1. The first-order valence-corrected chi connectivity index (χ1v) is 3.96. The summed E-state index contributed by atoms with van der Waals surface area (Å²) in [6.45, 7) is 0.400. The van der Waals surface area contributed by atoms with Gasteiger partial charge in [0.25, 0.3) is 0 Å². The van der Waals surface area contributed by atoms with E-state index in [0.29, 0.717) is 12.4 Å². The van der Waals surface area contributed by atoms with Crippen molar-refractivity contribution in [1.82, 2.24) is 4.98 Å². The molecule has 0 unspecified atom stereocenters. The Balaban J connectivity index is 2.57. The number of hydrogen-bond acceptors (Lipinski definition) is 4. The second kappa shape index (κ2) is 3.06. The van der Waals surface area contributed by atoms with E-state index in [2.05, 4.69) is 4.98 Å². The molecular formula is C9H10N2O2. The van der Waals surface area contributed by atoms with Crippen LogP contribution in [0.25, 0.3) is 11.0 Å². The summed E-state index contributed by atoms with van der Waals surface area (Å²) in [4.78, 5) is 4.02. The van der Waals surface area contributed by atoms with E-state index >= 15 is 0 Å². The summed E-state index contributed by atoms with van der Waals surface area (Å²) in [6, 6.07) is 3.71. The average Bonchev–Trinajstić information content (AvgIpc) is 2.58. The molecule has 13 heavy (non-hydrogen) atoms. The second-order valence-electron chi connectivity index (χ2n) is 2.68. The maximum Gasteiger partial charge on any atom is 0.213 e. The van der Waals surface area contributed by atoms with E-state index in [1.807, 2.05) is 12.1 Å². The Bertz CT molecular complexity index is 420. The van der Waals surface area contributed by atoms with Crippen LogP contribution in [-0.2, 0) is 6.54 Å². The zero-order valence-electron chi connectivity index (χ0n) is 7.28. The monoisotopic (exact) mass is 178 g/mol. The fourth-order valence-corrected chi connectivity index (χ4v) is 1.19. The Morgan fingerprint density at radius 2 is 2.38 bits per heavy atom. The maximum absolute atomic E-state index is 5.44. The van der Waals surface area contributed by atoms with Crippen molar-refractivity contribution in [3.05, 3.63) is 24.1 Å². The Kier molecular flexibility index (Phi) is 1.90. The minimum Gasteiger partial charge on any atom is -0.481 e. The van der Waals surface area contributed by atoms with Crippen LogP contribution in [0.5, 0.6) is 5.88 Å². The summed E-state index contributed by atoms with van der Waals surface area (Å²) < 4.78 is 10.4. The number of ether oxygens (including phenoxy) is 1. The van der Waals surface area contributed by atoms with Crippen LogP contribution in [0.15, 0.2) is 22.7 Å². The first-order valence-electron chi connectivity index (χ1n) is 3.96. The summed E-state index contributed by atoms with van der Waals surface area (Å²) in [6.07, 6.45) is 1.63. The average molecular weight is 178 g/mol. The van der Waals surface area contributed by atoms with Gasteiger partial charge in [-0.1, -0.05) is 0 Å². The summed E-state index contributed by atoms with van der Waals surface area (Å²) >= 11 is 0. The SMILES string of the molecule is COc1cc2cc(CN)oc2cn1. The number of hydrogen-bond donors (Lipinski definition) is 1. The van der Waals surface area contributed by atoms with Gasteiger partial charge < -0.3 is 14.9 Å². The van der Waals surface area contributed by atoms with Crippen LogP contribution in [0.1, 0.15) is 5.76 Å². The van der Waals surface area contributed by atoms with Crippen LogP contribution < -0.4 is 10.5 Å². The van der Waals surface area contributed by atoms with Crippen LogP contribution in [0.3, 0.4) is 0 Å². The Morgan fingerprint density at radius 3 is 3.08 bits per heavy atom. The molecule has 0 saturated carbocycles. The number of nitrogens with two attached hydrogens (primary N) is 1. The minimum atomic E-state index is 0.400. The molecule has 0 aromatic carbocycles. The fraction of sp³-hybridized carbons (Fsp3) is 0.222. The van der Waals surface area contributed by atoms with Crippen molar-refractivity contribution in [3.8, 4) is 5.88 Å². The quantitative estimate of drug-likeness (QED) is 0.752. The van der Waals surface area contributed by atoms with E-state index in [1.165, 1.54) is 0 Å². The van der Waals surface area contributed by atoms with E-state index in [9.17, 15) is 0 Å². The van der Waals surface area contributed by atoms with Gasteiger partial charge in [0.15, 0.2) is 5.58 Å². The summed E-state index contributed by atoms with van der Waals surface area (Å²) in [5.41, 5.74) is 6.18. The smallest absolute Gasteiger partial charge is 0.213 e. The number of pyridine rings is 1. The zero-order chi connectivity index (χ0) is 9.26. The molecule has 0 atom stereocenters. The number of rotatable bonds is 2. The molecule has 4 nitrogen and oxygen atoms in total. The molecule has 0 bridgehead atoms. The van der Waals surface area contributed by atoms with Crippen LogP contribution in [0.4, 0.5) is 0 Å². The van der Waals surface area contributed by atoms with Gasteiger partial charge in [-0.3, -0.25) is 0 Å². The van der Waals surface area contributed by atoms with Crippen LogP contribution >= 0.6 is 0 Å². The zero-order valence-corrected chi connectivity index (χ0v) is 7.28. The molecule has 0 aliphatic rings. The highest BCUT2D eigenvalue weighted by Gasteiger charge is 2.03. The van der Waals surface area contributed by atoms with E-state index in [4.69, 9.17) is 14.9 Å². The van der Waals surface area contributed by atoms with Gasteiger partial charge >= 0.3 is 0 Å². The molecule has 2 aromatic heterocycles. The van der Waals surface area contributed by atoms with Crippen molar-refractivity contribution < 1.29 is 9.15 Å². The lowest BCUT2D eigenvalue weighted by Crippen LogP contribution is -1.92. The standard InChI is InChI=1S/C9H10N2O2/c1-12-9-3-6-2-7(4-10)13-8(6)5-11-9/h2-3,5H,4,10H2,1H3. The summed E-state index contributed by atoms with van der Waals surface area (Å²) in [5, 5.41) is 0.965. The molecule has 0 amide bonds. The molecule has 2 N–H and O–H groups in total. The van der Waals surface area contributed by atoms with Crippen LogP contribution in [0, 0.1) is 0 Å². The van der Waals surface area contributed by atoms with E-state index in [-0.39, 0.29) is 0 Å². The van der Waals surface area contributed by atoms with Gasteiger partial charge in [-0.25, -0.2) is 4.98 Å². The third kappa shape index (κ3) is 1.36. The van der Waals surface area contributed by atoms with Gasteiger partial charge in [0, 0.05) is 11.5 Å². The third-order valence-electron chi connectivity index (χ3n) is 1.84. The van der Waals surface area contributed by atoms with Gasteiger partial charge in [0.05, 0.1) is 19.9 Å². The van der Waals surface area contributed by atoms with E-state index in [0.717, 1.165) is 16.7 Å². The first kappa shape index (κ1) is 8.07. The van der Waals surface area contributed by atoms with Crippen molar-refractivity contribution >= 4 is 11.0 Å². The molecule has 0 aliphatic carbocycles. The van der Waals surface area contributed by atoms with Crippen molar-refractivity contribution in [2.75, 3.05) is 7.11 Å². The highest BCUT2D eigenvalue weighted by Crippen LogP contribution is 2.21. The largest absolute Gasteiger partial charge is 0.481 e. The molecule has 2 rings (SSSR count). The molecule has 2 aromatic rings. The molecule has 0 aliphatic heterocycles. The van der Waals surface area contributed by atoms with Gasteiger partial charge in [-0.15, -0.1) is 0 Å². The Morgan fingerprint density at radius 1 is 1.54 bits per heavy atom. The third-order valence-corrected chi connectivity index (χ3v) is 1.84. The maximum atomic E-state index is 5.44. The van der Waals surface area contributed by atoms with Gasteiger partial charge in [0.1, 0.15) is 5.76 Å². The molecule has 0 spiro atoms. The molecule has 2 heterocycles. The second-order valence-corrected chi connectivity index (χ2v) is 2.68. The molecule has 0 fully saturated rings. The first-order chi connectivity index (χ1) is 6.33.